The Labute approximate surface area is 120 Å². The molecule has 2 fully saturated rings. The molecule has 0 aromatic carbocycles. The zero-order valence-electron chi connectivity index (χ0n) is 12.0. The molecule has 4 heteroatoms. The van der Waals surface area contributed by atoms with Gasteiger partial charge in [-0.15, -0.1) is 0 Å². The van der Waals surface area contributed by atoms with E-state index >= 15 is 0 Å². The van der Waals surface area contributed by atoms with Crippen LogP contribution in [0.4, 0.5) is 0 Å². The van der Waals surface area contributed by atoms with Crippen molar-refractivity contribution in [2.24, 2.45) is 23.5 Å². The lowest BCUT2D eigenvalue weighted by molar-refractivity contribution is -0.127. The van der Waals surface area contributed by atoms with Gasteiger partial charge in [0, 0.05) is 12.2 Å². The van der Waals surface area contributed by atoms with Gasteiger partial charge in [0.1, 0.15) is 0 Å². The van der Waals surface area contributed by atoms with Gasteiger partial charge in [-0.2, -0.15) is 0 Å². The molecule has 2 saturated carbocycles. The predicted octanol–water partition coefficient (Wildman–Crippen LogP) is 1.63. The minimum absolute atomic E-state index is 0.0162. The Bertz CT molecular complexity index is 500. The molecular formula is C16H23N3O. The van der Waals surface area contributed by atoms with Crippen molar-refractivity contribution < 1.29 is 4.79 Å². The van der Waals surface area contributed by atoms with Crippen LogP contribution < -0.4 is 11.1 Å². The molecule has 1 aromatic rings. The summed E-state index contributed by atoms with van der Waals surface area (Å²) >= 11 is 0. The van der Waals surface area contributed by atoms with Crippen LogP contribution in [0.15, 0.2) is 18.3 Å². The first-order valence-electron chi connectivity index (χ1n) is 7.66. The third kappa shape index (κ3) is 2.33. The molecule has 20 heavy (non-hydrogen) atoms. The van der Waals surface area contributed by atoms with Gasteiger partial charge in [-0.1, -0.05) is 13.0 Å². The second kappa shape index (κ2) is 5.52. The Morgan fingerprint density at radius 3 is 2.95 bits per heavy atom. The van der Waals surface area contributed by atoms with Crippen LogP contribution in [0.5, 0.6) is 0 Å². The molecular weight excluding hydrogens is 250 g/mol. The number of hydrogen-bond donors (Lipinski definition) is 2. The number of pyridine rings is 1. The summed E-state index contributed by atoms with van der Waals surface area (Å²) in [6.07, 6.45) is 6.23. The van der Waals surface area contributed by atoms with E-state index in [-0.39, 0.29) is 17.9 Å². The van der Waals surface area contributed by atoms with Crippen molar-refractivity contribution >= 4 is 5.91 Å². The third-order valence-corrected chi connectivity index (χ3v) is 5.08. The number of carbonyl (C=O) groups excluding carboxylic acids is 1. The van der Waals surface area contributed by atoms with Crippen LogP contribution >= 0.6 is 0 Å². The normalized spacial score (nSPS) is 31.5. The maximum atomic E-state index is 12.4. The number of rotatable bonds is 4. The molecule has 1 amide bonds. The fourth-order valence-electron chi connectivity index (χ4n) is 3.97. The summed E-state index contributed by atoms with van der Waals surface area (Å²) in [4.78, 5) is 16.8. The molecule has 0 saturated heterocycles. The van der Waals surface area contributed by atoms with Gasteiger partial charge in [-0.25, -0.2) is 0 Å². The van der Waals surface area contributed by atoms with Gasteiger partial charge < -0.3 is 11.1 Å². The summed E-state index contributed by atoms with van der Waals surface area (Å²) in [7, 11) is 0. The third-order valence-electron chi connectivity index (χ3n) is 5.08. The lowest BCUT2D eigenvalue weighted by atomic mass is 9.84. The van der Waals surface area contributed by atoms with E-state index in [9.17, 15) is 4.79 Å². The number of nitrogens with zero attached hydrogens (tertiary/aromatic N) is 1. The second-order valence-corrected chi connectivity index (χ2v) is 6.12. The van der Waals surface area contributed by atoms with Crippen LogP contribution in [0.1, 0.15) is 37.4 Å². The molecule has 1 aromatic heterocycles. The van der Waals surface area contributed by atoms with Crippen molar-refractivity contribution in [2.45, 2.75) is 45.2 Å². The number of nitrogens with one attached hydrogen (secondary N) is 1. The Kier molecular flexibility index (Phi) is 3.74. The SMILES string of the molecule is CCc1cccnc1CNC(=O)C1C2CCC(C2)C1N. The molecule has 3 N–H and O–H groups in total. The lowest BCUT2D eigenvalue weighted by Gasteiger charge is -2.27. The molecule has 4 atom stereocenters. The predicted molar refractivity (Wildman–Crippen MR) is 77.8 cm³/mol. The summed E-state index contributed by atoms with van der Waals surface area (Å²) in [6.45, 7) is 2.62. The lowest BCUT2D eigenvalue weighted by Crippen LogP contribution is -2.45. The van der Waals surface area contributed by atoms with Gasteiger partial charge >= 0.3 is 0 Å². The number of nitrogens with two attached hydrogens (primary N) is 1. The zero-order chi connectivity index (χ0) is 14.1. The average molecular weight is 273 g/mol. The van der Waals surface area contributed by atoms with Crippen molar-refractivity contribution in [1.82, 2.24) is 10.3 Å². The van der Waals surface area contributed by atoms with Crippen LogP contribution in [0.25, 0.3) is 0 Å². The van der Waals surface area contributed by atoms with E-state index in [1.165, 1.54) is 18.4 Å². The van der Waals surface area contributed by atoms with Gasteiger partial charge in [0.15, 0.2) is 0 Å². The summed E-state index contributed by atoms with van der Waals surface area (Å²) in [5, 5.41) is 3.05. The second-order valence-electron chi connectivity index (χ2n) is 6.12. The standard InChI is InChI=1S/C16H23N3O/c1-2-10-4-3-7-18-13(10)9-19-16(20)14-11-5-6-12(8-11)15(14)17/h3-4,7,11-12,14-15H,2,5-6,8-9,17H2,1H3,(H,19,20). The molecule has 4 nitrogen and oxygen atoms in total. The van der Waals surface area contributed by atoms with Crippen LogP contribution in [-0.4, -0.2) is 16.9 Å². The van der Waals surface area contributed by atoms with E-state index in [1.807, 2.05) is 6.07 Å². The molecule has 4 unspecified atom stereocenters. The fourth-order valence-corrected chi connectivity index (χ4v) is 3.97. The Morgan fingerprint density at radius 2 is 2.25 bits per heavy atom. The van der Waals surface area contributed by atoms with Crippen molar-refractivity contribution in [3.05, 3.63) is 29.6 Å². The maximum Gasteiger partial charge on any atom is 0.225 e. The molecule has 108 valence electrons. The number of amides is 1. The molecule has 2 aliphatic carbocycles. The number of aromatic nitrogens is 1. The van der Waals surface area contributed by atoms with Gasteiger partial charge in [0.25, 0.3) is 0 Å². The highest BCUT2D eigenvalue weighted by Crippen LogP contribution is 2.47. The van der Waals surface area contributed by atoms with Gasteiger partial charge in [0.05, 0.1) is 18.2 Å². The summed E-state index contributed by atoms with van der Waals surface area (Å²) in [5.74, 6) is 1.21. The number of fused-ring (bicyclic) bond motifs is 2. The van der Waals surface area contributed by atoms with Crippen molar-refractivity contribution in [3.63, 3.8) is 0 Å². The number of hydrogen-bond acceptors (Lipinski definition) is 3. The van der Waals surface area contributed by atoms with E-state index in [0.717, 1.165) is 18.5 Å². The van der Waals surface area contributed by atoms with Gasteiger partial charge in [-0.05, 0) is 49.1 Å². The molecule has 2 bridgehead atoms. The average Bonchev–Trinajstić information content (AvgIpc) is 3.06. The van der Waals surface area contributed by atoms with E-state index in [0.29, 0.717) is 18.4 Å². The van der Waals surface area contributed by atoms with Crippen molar-refractivity contribution in [2.75, 3.05) is 0 Å². The Morgan fingerprint density at radius 1 is 1.45 bits per heavy atom. The highest BCUT2D eigenvalue weighted by Gasteiger charge is 2.48. The smallest absolute Gasteiger partial charge is 0.225 e. The number of carbonyl (C=O) groups is 1. The summed E-state index contributed by atoms with van der Waals surface area (Å²) < 4.78 is 0. The van der Waals surface area contributed by atoms with E-state index < -0.39 is 0 Å². The van der Waals surface area contributed by atoms with E-state index in [1.54, 1.807) is 6.20 Å². The molecule has 2 aliphatic rings. The first-order valence-corrected chi connectivity index (χ1v) is 7.66. The van der Waals surface area contributed by atoms with E-state index in [4.69, 9.17) is 5.73 Å². The molecule has 0 radical (unpaired) electrons. The largest absolute Gasteiger partial charge is 0.350 e. The van der Waals surface area contributed by atoms with Gasteiger partial charge in [0.2, 0.25) is 5.91 Å². The fraction of sp³-hybridized carbons (Fsp3) is 0.625. The van der Waals surface area contributed by atoms with E-state index in [2.05, 4.69) is 23.3 Å². The van der Waals surface area contributed by atoms with Crippen molar-refractivity contribution in [1.29, 1.82) is 0 Å². The first-order chi connectivity index (χ1) is 9.70. The molecule has 3 rings (SSSR count). The molecule has 0 aliphatic heterocycles. The van der Waals surface area contributed by atoms with Crippen LogP contribution in [0.2, 0.25) is 0 Å². The summed E-state index contributed by atoms with van der Waals surface area (Å²) in [6, 6.07) is 4.07. The molecule has 0 spiro atoms. The highest BCUT2D eigenvalue weighted by molar-refractivity contribution is 5.80. The molecule has 1 heterocycles. The topological polar surface area (TPSA) is 68.0 Å². The quantitative estimate of drug-likeness (QED) is 0.876. The van der Waals surface area contributed by atoms with Crippen LogP contribution in [0.3, 0.4) is 0 Å². The highest BCUT2D eigenvalue weighted by atomic mass is 16.1. The summed E-state index contributed by atoms with van der Waals surface area (Å²) in [5.41, 5.74) is 8.39. The monoisotopic (exact) mass is 273 g/mol. The minimum atomic E-state index is 0.0162. The minimum Gasteiger partial charge on any atom is -0.350 e. The Balaban J connectivity index is 1.62. The zero-order valence-corrected chi connectivity index (χ0v) is 12.0. The first kappa shape index (κ1) is 13.6. The number of aryl methyl sites for hydroxylation is 1. The maximum absolute atomic E-state index is 12.4. The van der Waals surface area contributed by atoms with Gasteiger partial charge in [-0.3, -0.25) is 9.78 Å². The van der Waals surface area contributed by atoms with Crippen LogP contribution in [0, 0.1) is 17.8 Å². The Hall–Kier alpha value is -1.42. The van der Waals surface area contributed by atoms with Crippen molar-refractivity contribution in [3.8, 4) is 0 Å². The van der Waals surface area contributed by atoms with Crippen LogP contribution in [-0.2, 0) is 17.8 Å².